The SMILES string of the molecule is CCCCCCCCCCCCCC(=O)OCCSC[C@@H](N)C(=O)N[C@@H](CCC(=O)Nc1ccc(Cn2c(=O)[nH]c3c(N)nc(NCCCC)nc32)cc1)C(=O)OC. The van der Waals surface area contributed by atoms with E-state index in [-0.39, 0.29) is 55.1 Å². The van der Waals surface area contributed by atoms with E-state index in [9.17, 15) is 24.0 Å². The zero-order valence-corrected chi connectivity index (χ0v) is 35.4. The number of esters is 2. The number of anilines is 3. The number of benzene rings is 1. The molecule has 8 N–H and O–H groups in total. The molecule has 0 aliphatic rings. The molecular formula is C41H65N9O7S. The Kier molecular flexibility index (Phi) is 22.3. The van der Waals surface area contributed by atoms with Crippen LogP contribution in [0.3, 0.4) is 0 Å². The monoisotopic (exact) mass is 827 g/mol. The third kappa shape index (κ3) is 17.5. The number of hydrogen-bond donors (Lipinski definition) is 6. The largest absolute Gasteiger partial charge is 0.467 e. The minimum Gasteiger partial charge on any atom is -0.467 e. The van der Waals surface area contributed by atoms with Gasteiger partial charge in [-0.05, 0) is 37.0 Å². The smallest absolute Gasteiger partial charge is 0.328 e. The molecule has 0 aliphatic carbocycles. The highest BCUT2D eigenvalue weighted by Crippen LogP contribution is 2.19. The lowest BCUT2D eigenvalue weighted by atomic mass is 10.1. The number of fused-ring (bicyclic) bond motifs is 1. The molecule has 0 unspecified atom stereocenters. The summed E-state index contributed by atoms with van der Waals surface area (Å²) in [4.78, 5) is 74.4. The molecule has 58 heavy (non-hydrogen) atoms. The van der Waals surface area contributed by atoms with Gasteiger partial charge in [0.25, 0.3) is 0 Å². The van der Waals surface area contributed by atoms with Crippen LogP contribution >= 0.6 is 11.8 Å². The lowest BCUT2D eigenvalue weighted by Crippen LogP contribution is -2.50. The van der Waals surface area contributed by atoms with Gasteiger partial charge in [0.05, 0.1) is 19.7 Å². The van der Waals surface area contributed by atoms with E-state index in [2.05, 4.69) is 44.7 Å². The molecule has 322 valence electrons. The predicted octanol–water partition coefficient (Wildman–Crippen LogP) is 5.64. The number of imidazole rings is 1. The highest BCUT2D eigenvalue weighted by atomic mass is 32.2. The Bertz CT molecular complexity index is 1770. The lowest BCUT2D eigenvalue weighted by Gasteiger charge is -2.19. The number of nitrogens with two attached hydrogens (primary N) is 2. The van der Waals surface area contributed by atoms with Crippen LogP contribution in [0.2, 0.25) is 0 Å². The van der Waals surface area contributed by atoms with Crippen molar-refractivity contribution in [2.24, 2.45) is 5.73 Å². The number of ether oxygens (including phenoxy) is 2. The summed E-state index contributed by atoms with van der Waals surface area (Å²) in [7, 11) is 1.20. The number of unbranched alkanes of at least 4 members (excludes halogenated alkanes) is 11. The number of nitrogens with one attached hydrogen (secondary N) is 4. The average Bonchev–Trinajstić information content (AvgIpc) is 3.53. The molecule has 0 saturated heterocycles. The Balaban J connectivity index is 1.34. The van der Waals surface area contributed by atoms with Crippen molar-refractivity contribution in [1.82, 2.24) is 24.8 Å². The summed E-state index contributed by atoms with van der Waals surface area (Å²) in [6, 6.07) is 4.94. The second kappa shape index (κ2) is 27.1. The van der Waals surface area contributed by atoms with E-state index in [1.54, 1.807) is 24.3 Å². The number of thioether (sulfide) groups is 1. The molecule has 16 nitrogen and oxygen atoms in total. The van der Waals surface area contributed by atoms with Gasteiger partial charge < -0.3 is 41.9 Å². The first-order chi connectivity index (χ1) is 28.1. The maximum absolute atomic E-state index is 12.8. The first-order valence-corrected chi connectivity index (χ1v) is 22.0. The van der Waals surface area contributed by atoms with Gasteiger partial charge in [0, 0.05) is 36.6 Å². The molecule has 2 amide bonds. The van der Waals surface area contributed by atoms with Crippen LogP contribution in [-0.2, 0) is 35.2 Å². The molecule has 2 atom stereocenters. The second-order valence-corrected chi connectivity index (χ2v) is 15.6. The Hall–Kier alpha value is -4.64. The number of methoxy groups -OCH3 is 1. The van der Waals surface area contributed by atoms with E-state index in [0.29, 0.717) is 41.5 Å². The summed E-state index contributed by atoms with van der Waals surface area (Å²) >= 11 is 1.37. The zero-order valence-electron chi connectivity index (χ0n) is 34.6. The van der Waals surface area contributed by atoms with Crippen LogP contribution in [0, 0.1) is 0 Å². The number of H-pyrrole nitrogens is 1. The number of carbonyl (C=O) groups is 4. The molecule has 17 heteroatoms. The third-order valence-corrected chi connectivity index (χ3v) is 10.7. The summed E-state index contributed by atoms with van der Waals surface area (Å²) in [5.41, 5.74) is 13.8. The van der Waals surface area contributed by atoms with Gasteiger partial charge in [-0.2, -0.15) is 21.7 Å². The molecule has 0 fully saturated rings. The van der Waals surface area contributed by atoms with Crippen molar-refractivity contribution in [3.63, 3.8) is 0 Å². The van der Waals surface area contributed by atoms with Gasteiger partial charge >= 0.3 is 17.6 Å². The quantitative estimate of drug-likeness (QED) is 0.0353. The maximum Gasteiger partial charge on any atom is 0.328 e. The molecule has 2 aromatic heterocycles. The number of nitrogen functional groups attached to an aromatic ring is 1. The molecule has 0 radical (unpaired) electrons. The lowest BCUT2D eigenvalue weighted by molar-refractivity contribution is -0.145. The number of rotatable bonds is 30. The highest BCUT2D eigenvalue weighted by molar-refractivity contribution is 7.99. The Labute approximate surface area is 346 Å². The van der Waals surface area contributed by atoms with E-state index in [0.717, 1.165) is 37.7 Å². The number of amides is 2. The molecule has 0 spiro atoms. The van der Waals surface area contributed by atoms with Crippen molar-refractivity contribution in [3.8, 4) is 0 Å². The van der Waals surface area contributed by atoms with Gasteiger partial charge in [-0.15, -0.1) is 0 Å². The van der Waals surface area contributed by atoms with Crippen LogP contribution in [0.5, 0.6) is 0 Å². The number of hydrogen-bond acceptors (Lipinski definition) is 13. The van der Waals surface area contributed by atoms with Crippen molar-refractivity contribution in [1.29, 1.82) is 0 Å². The van der Waals surface area contributed by atoms with E-state index in [4.69, 9.17) is 20.9 Å². The summed E-state index contributed by atoms with van der Waals surface area (Å²) in [5, 5.41) is 8.52. The third-order valence-electron chi connectivity index (χ3n) is 9.61. The van der Waals surface area contributed by atoms with Crippen LogP contribution in [0.25, 0.3) is 11.2 Å². The first-order valence-electron chi connectivity index (χ1n) is 20.8. The van der Waals surface area contributed by atoms with Gasteiger partial charge in [-0.25, -0.2) is 9.59 Å². The molecule has 3 aromatic rings. The van der Waals surface area contributed by atoms with E-state index in [1.807, 2.05) is 0 Å². The van der Waals surface area contributed by atoms with Crippen molar-refractivity contribution >= 4 is 64.1 Å². The summed E-state index contributed by atoms with van der Waals surface area (Å²) < 4.78 is 11.6. The Morgan fingerprint density at radius 1 is 0.897 bits per heavy atom. The van der Waals surface area contributed by atoms with E-state index in [1.165, 1.54) is 74.8 Å². The van der Waals surface area contributed by atoms with Gasteiger partial charge in [0.1, 0.15) is 18.2 Å². The first kappa shape index (κ1) is 47.7. The minimum atomic E-state index is -1.08. The normalized spacial score (nSPS) is 12.2. The van der Waals surface area contributed by atoms with Crippen LogP contribution in [0.15, 0.2) is 29.1 Å². The molecular weight excluding hydrogens is 763 g/mol. The van der Waals surface area contributed by atoms with Gasteiger partial charge in [-0.3, -0.25) is 19.0 Å². The number of aromatic nitrogens is 4. The molecule has 3 rings (SSSR count). The fourth-order valence-corrected chi connectivity index (χ4v) is 6.98. The number of carbonyl (C=O) groups excluding carboxylic acids is 4. The number of aromatic amines is 1. The molecule has 2 heterocycles. The highest BCUT2D eigenvalue weighted by Gasteiger charge is 2.25. The molecule has 1 aromatic carbocycles. The van der Waals surface area contributed by atoms with Crippen LogP contribution in [0.4, 0.5) is 17.5 Å². The molecule has 0 saturated carbocycles. The van der Waals surface area contributed by atoms with Crippen LogP contribution < -0.4 is 33.1 Å². The fourth-order valence-electron chi connectivity index (χ4n) is 6.21. The fraction of sp³-hybridized carbons (Fsp3) is 0.634. The average molecular weight is 828 g/mol. The van der Waals surface area contributed by atoms with Gasteiger partial charge in [0.2, 0.25) is 17.8 Å². The standard InChI is InChI=1S/C41H65N9O7S/c1-4-6-8-9-10-11-12-13-14-15-16-17-34(52)57-25-26-58-28-31(42)38(53)46-32(39(54)56-3)22-23-33(51)45-30-20-18-29(19-21-30)27-50-37-35(47-41(50)55)36(43)48-40(49-37)44-24-7-5-2/h18-21,31-32H,4-17,22-28,42H2,1-3H3,(H,45,51)(H,46,53)(H,47,55)(H3,43,44,48,49)/t31-,32+/m1/s1. The minimum absolute atomic E-state index is 0.0129. The van der Waals surface area contributed by atoms with Gasteiger partial charge in [-0.1, -0.05) is 96.6 Å². The summed E-state index contributed by atoms with van der Waals surface area (Å²) in [5.74, 6) is -0.598. The van der Waals surface area contributed by atoms with Crippen molar-refractivity contribution in [2.45, 2.75) is 135 Å². The van der Waals surface area contributed by atoms with Crippen LogP contribution in [-0.4, -0.2) is 87.1 Å². The topological polar surface area (TPSA) is 238 Å². The second-order valence-electron chi connectivity index (χ2n) is 14.5. The Morgan fingerprint density at radius 3 is 2.21 bits per heavy atom. The summed E-state index contributed by atoms with van der Waals surface area (Å²) in [6.07, 6.45) is 15.6. The van der Waals surface area contributed by atoms with E-state index >= 15 is 0 Å². The van der Waals surface area contributed by atoms with Gasteiger partial charge in [0.15, 0.2) is 11.5 Å². The van der Waals surface area contributed by atoms with E-state index < -0.39 is 24.0 Å². The molecule has 0 bridgehead atoms. The van der Waals surface area contributed by atoms with Crippen LogP contribution in [0.1, 0.15) is 122 Å². The van der Waals surface area contributed by atoms with Crippen molar-refractivity contribution in [2.75, 3.05) is 48.1 Å². The Morgan fingerprint density at radius 2 is 1.55 bits per heavy atom. The summed E-state index contributed by atoms with van der Waals surface area (Å²) in [6.45, 7) is 5.41. The zero-order chi connectivity index (χ0) is 42.1. The van der Waals surface area contributed by atoms with Crippen molar-refractivity contribution in [3.05, 3.63) is 40.3 Å². The van der Waals surface area contributed by atoms with Crippen molar-refractivity contribution < 1.29 is 28.7 Å². The predicted molar refractivity (Wildman–Crippen MR) is 231 cm³/mol. The maximum atomic E-state index is 12.8. The molecule has 0 aliphatic heterocycles. The number of nitrogens with zero attached hydrogens (tertiary/aromatic N) is 3.